The molecule has 2 aliphatic rings. The van der Waals surface area contributed by atoms with Crippen LogP contribution in [0.1, 0.15) is 51.9 Å². The summed E-state index contributed by atoms with van der Waals surface area (Å²) in [5.41, 5.74) is 2.03. The average molecular weight is 496 g/mol. The molecule has 8 nitrogen and oxygen atoms in total. The van der Waals surface area contributed by atoms with Crippen molar-refractivity contribution >= 4 is 33.2 Å². The van der Waals surface area contributed by atoms with Crippen LogP contribution in [-0.2, 0) is 4.79 Å². The predicted octanol–water partition coefficient (Wildman–Crippen LogP) is 4.24. The molecule has 3 heterocycles. The molecule has 3 aromatic rings. The number of aromatic nitrogens is 3. The van der Waals surface area contributed by atoms with E-state index in [0.29, 0.717) is 18.6 Å². The van der Waals surface area contributed by atoms with Crippen LogP contribution in [-0.4, -0.2) is 70.7 Å². The number of benzene rings is 1. The van der Waals surface area contributed by atoms with Crippen LogP contribution in [0.25, 0.3) is 16.2 Å². The number of nitrogens with one attached hydrogen (secondary N) is 2. The Kier molecular flexibility index (Phi) is 7.53. The highest BCUT2D eigenvalue weighted by molar-refractivity contribution is 7.20. The third-order valence-electron chi connectivity index (χ3n) is 7.31. The van der Waals surface area contributed by atoms with E-state index in [0.717, 1.165) is 40.3 Å². The minimum absolute atomic E-state index is 0.0271. The molecular formula is C26H37N7OS. The summed E-state index contributed by atoms with van der Waals surface area (Å²) < 4.78 is 1.92. The van der Waals surface area contributed by atoms with Crippen molar-refractivity contribution in [1.29, 1.82) is 0 Å². The summed E-state index contributed by atoms with van der Waals surface area (Å²) in [5.74, 6) is 0.980. The minimum atomic E-state index is 0.0271. The zero-order valence-corrected chi connectivity index (χ0v) is 21.7. The Balaban J connectivity index is 1.26. The van der Waals surface area contributed by atoms with Crippen LogP contribution < -0.4 is 15.5 Å². The van der Waals surface area contributed by atoms with Crippen LogP contribution in [0.15, 0.2) is 30.3 Å². The van der Waals surface area contributed by atoms with E-state index in [-0.39, 0.29) is 12.5 Å². The summed E-state index contributed by atoms with van der Waals surface area (Å²) in [5, 5.41) is 12.5. The van der Waals surface area contributed by atoms with Crippen molar-refractivity contribution in [2.24, 2.45) is 0 Å². The second kappa shape index (κ2) is 11.0. The van der Waals surface area contributed by atoms with Gasteiger partial charge in [-0.1, -0.05) is 60.9 Å². The van der Waals surface area contributed by atoms with Gasteiger partial charge >= 0.3 is 0 Å². The summed E-state index contributed by atoms with van der Waals surface area (Å²) in [6, 6.07) is 11.4. The van der Waals surface area contributed by atoms with Crippen LogP contribution in [0.5, 0.6) is 0 Å². The van der Waals surface area contributed by atoms with Gasteiger partial charge in [0.15, 0.2) is 5.82 Å². The Morgan fingerprint density at radius 2 is 1.91 bits per heavy atom. The van der Waals surface area contributed by atoms with E-state index in [1.807, 2.05) is 34.7 Å². The molecule has 35 heavy (non-hydrogen) atoms. The number of fused-ring (bicyclic) bond motifs is 1. The maximum Gasteiger partial charge on any atom is 0.239 e. The quantitative estimate of drug-likeness (QED) is 0.462. The van der Waals surface area contributed by atoms with E-state index < -0.39 is 0 Å². The van der Waals surface area contributed by atoms with Crippen molar-refractivity contribution in [3.63, 3.8) is 0 Å². The lowest BCUT2D eigenvalue weighted by Gasteiger charge is -2.33. The van der Waals surface area contributed by atoms with Gasteiger partial charge in [-0.15, -0.1) is 5.10 Å². The number of likely N-dealkylation sites (tertiary alicyclic amines) is 1. The number of nitrogens with zero attached hydrogens (tertiary/aromatic N) is 5. The summed E-state index contributed by atoms with van der Waals surface area (Å²) in [6.45, 7) is 5.31. The number of hydrogen-bond donors (Lipinski definition) is 2. The number of imidazole rings is 1. The highest BCUT2D eigenvalue weighted by Crippen LogP contribution is 2.35. The molecule has 1 aromatic carbocycles. The van der Waals surface area contributed by atoms with Gasteiger partial charge in [0, 0.05) is 37.8 Å². The van der Waals surface area contributed by atoms with Crippen LogP contribution >= 0.6 is 11.3 Å². The van der Waals surface area contributed by atoms with E-state index in [4.69, 9.17) is 10.1 Å². The predicted molar refractivity (Wildman–Crippen MR) is 143 cm³/mol. The molecule has 1 aliphatic carbocycles. The van der Waals surface area contributed by atoms with Gasteiger partial charge in [0.05, 0.1) is 6.54 Å². The maximum absolute atomic E-state index is 12.6. The first-order chi connectivity index (χ1) is 17.1. The first-order valence-electron chi connectivity index (χ1n) is 13.0. The van der Waals surface area contributed by atoms with E-state index >= 15 is 0 Å². The molecule has 2 aromatic heterocycles. The van der Waals surface area contributed by atoms with Crippen LogP contribution in [0, 0.1) is 0 Å². The molecule has 5 rings (SSSR count). The summed E-state index contributed by atoms with van der Waals surface area (Å²) in [6.07, 6.45) is 8.71. The molecule has 0 bridgehead atoms. The molecule has 1 saturated carbocycles. The number of likely N-dealkylation sites (N-methyl/N-ethyl adjacent to an activating group) is 1. The molecule has 1 amide bonds. The number of carbonyl (C=O) groups excluding carboxylic acids is 1. The number of anilines is 2. The smallest absolute Gasteiger partial charge is 0.239 e. The van der Waals surface area contributed by atoms with Gasteiger partial charge in [-0.05, 0) is 39.2 Å². The second-order valence-electron chi connectivity index (χ2n) is 9.97. The van der Waals surface area contributed by atoms with Gasteiger partial charge < -0.3 is 15.5 Å². The lowest BCUT2D eigenvalue weighted by molar-refractivity contribution is -0.119. The molecule has 0 spiro atoms. The van der Waals surface area contributed by atoms with Crippen molar-refractivity contribution in [3.8, 4) is 11.3 Å². The van der Waals surface area contributed by atoms with E-state index in [1.165, 1.54) is 56.3 Å². The van der Waals surface area contributed by atoms with E-state index in [9.17, 15) is 4.79 Å². The number of hydrogen-bond acceptors (Lipinski definition) is 7. The van der Waals surface area contributed by atoms with Crippen molar-refractivity contribution in [1.82, 2.24) is 24.8 Å². The van der Waals surface area contributed by atoms with Gasteiger partial charge in [-0.2, -0.15) is 4.52 Å². The van der Waals surface area contributed by atoms with E-state index in [1.54, 1.807) is 0 Å². The molecule has 0 unspecified atom stereocenters. The SMILES string of the molecule is C[C@@H]1CCCCN1CCNC(=O)CN(C)c1nn2c(NC3CCCC3)c(-c3ccccc3)nc2s1. The van der Waals surface area contributed by atoms with Crippen molar-refractivity contribution in [2.45, 2.75) is 64.0 Å². The van der Waals surface area contributed by atoms with Crippen molar-refractivity contribution in [3.05, 3.63) is 30.3 Å². The average Bonchev–Trinajstić information content (AvgIpc) is 3.59. The van der Waals surface area contributed by atoms with Gasteiger partial charge in [0.2, 0.25) is 16.0 Å². The van der Waals surface area contributed by atoms with Crippen molar-refractivity contribution < 1.29 is 4.79 Å². The fourth-order valence-electron chi connectivity index (χ4n) is 5.25. The summed E-state index contributed by atoms with van der Waals surface area (Å²) in [4.78, 5) is 22.8. The Morgan fingerprint density at radius 3 is 2.69 bits per heavy atom. The fraction of sp³-hybridized carbons (Fsp3) is 0.577. The Hall–Kier alpha value is -2.65. The maximum atomic E-state index is 12.6. The fourth-order valence-corrected chi connectivity index (χ4v) is 6.11. The standard InChI is InChI=1S/C26H37N7OS/c1-19-10-8-9-16-32(19)17-15-27-22(34)18-31(2)26-30-33-24(28-21-13-6-7-14-21)23(29-25(33)35-26)20-11-4-3-5-12-20/h3-5,11-12,19,21,28H,6-10,13-18H2,1-2H3,(H,27,34)/t19-/m1/s1. The van der Waals surface area contributed by atoms with Crippen LogP contribution in [0.2, 0.25) is 0 Å². The largest absolute Gasteiger partial charge is 0.365 e. The van der Waals surface area contributed by atoms with Crippen LogP contribution in [0.3, 0.4) is 0 Å². The van der Waals surface area contributed by atoms with Gasteiger partial charge in [0.25, 0.3) is 0 Å². The van der Waals surface area contributed by atoms with Crippen molar-refractivity contribution in [2.75, 3.05) is 43.4 Å². The molecule has 1 atom stereocenters. The zero-order valence-electron chi connectivity index (χ0n) is 20.9. The third kappa shape index (κ3) is 5.62. The molecule has 0 radical (unpaired) electrons. The van der Waals surface area contributed by atoms with Gasteiger partial charge in [-0.3, -0.25) is 9.69 Å². The molecule has 2 N–H and O–H groups in total. The summed E-state index contributed by atoms with van der Waals surface area (Å²) >= 11 is 1.52. The molecule has 9 heteroatoms. The first-order valence-corrected chi connectivity index (χ1v) is 13.8. The Morgan fingerprint density at radius 1 is 1.14 bits per heavy atom. The monoisotopic (exact) mass is 495 g/mol. The second-order valence-corrected chi connectivity index (χ2v) is 10.9. The number of amides is 1. The summed E-state index contributed by atoms with van der Waals surface area (Å²) in [7, 11) is 1.92. The normalized spacial score (nSPS) is 19.3. The highest BCUT2D eigenvalue weighted by atomic mass is 32.1. The molecule has 2 fully saturated rings. The third-order valence-corrected chi connectivity index (χ3v) is 8.33. The highest BCUT2D eigenvalue weighted by Gasteiger charge is 2.24. The Bertz CT molecular complexity index is 1120. The molecule has 1 aliphatic heterocycles. The Labute approximate surface area is 211 Å². The van der Waals surface area contributed by atoms with E-state index in [2.05, 4.69) is 34.6 Å². The zero-order chi connectivity index (χ0) is 24.2. The lowest BCUT2D eigenvalue weighted by Crippen LogP contribution is -2.44. The van der Waals surface area contributed by atoms with Gasteiger partial charge in [0.1, 0.15) is 5.69 Å². The minimum Gasteiger partial charge on any atom is -0.365 e. The molecule has 1 saturated heterocycles. The first kappa shape index (κ1) is 24.1. The van der Waals surface area contributed by atoms with Crippen LogP contribution in [0.4, 0.5) is 10.9 Å². The number of carbonyl (C=O) groups is 1. The topological polar surface area (TPSA) is 77.8 Å². The number of piperidine rings is 1. The number of rotatable bonds is 9. The van der Waals surface area contributed by atoms with Gasteiger partial charge in [-0.25, -0.2) is 4.98 Å². The molecule has 188 valence electrons. The lowest BCUT2D eigenvalue weighted by atomic mass is 10.0. The molecular weight excluding hydrogens is 458 g/mol.